The summed E-state index contributed by atoms with van der Waals surface area (Å²) < 4.78 is 25.5. The molecule has 0 N–H and O–H groups in total. The summed E-state index contributed by atoms with van der Waals surface area (Å²) in [4.78, 5) is 0. The predicted molar refractivity (Wildman–Crippen MR) is 93.1 cm³/mol. The van der Waals surface area contributed by atoms with Crippen LogP contribution in [0, 0.1) is 12.7 Å². The molecule has 0 radical (unpaired) electrons. The van der Waals surface area contributed by atoms with Crippen molar-refractivity contribution in [3.8, 4) is 17.2 Å². The Labute approximate surface area is 149 Å². The molecular weight excluding hydrogens is 343 g/mol. The third-order valence-electron chi connectivity index (χ3n) is 3.40. The molecule has 3 aromatic rings. The highest BCUT2D eigenvalue weighted by atomic mass is 32.2. The lowest BCUT2D eigenvalue weighted by atomic mass is 10.2. The van der Waals surface area contributed by atoms with Crippen LogP contribution < -0.4 is 9.47 Å². The van der Waals surface area contributed by atoms with Crippen LogP contribution in [0.5, 0.6) is 11.5 Å². The summed E-state index contributed by atoms with van der Waals surface area (Å²) in [5.41, 5.74) is 1.87. The third kappa shape index (κ3) is 4.27. The number of rotatable bonds is 7. The molecule has 0 aliphatic carbocycles. The smallest absolute Gasteiger partial charge is 0.214 e. The maximum absolute atomic E-state index is 12.9. The van der Waals surface area contributed by atoms with Crippen LogP contribution in [-0.2, 0) is 0 Å². The van der Waals surface area contributed by atoms with Crippen molar-refractivity contribution in [3.63, 3.8) is 0 Å². The van der Waals surface area contributed by atoms with Crippen LogP contribution in [0.25, 0.3) is 5.69 Å². The Kier molecular flexibility index (Phi) is 5.49. The van der Waals surface area contributed by atoms with E-state index in [-0.39, 0.29) is 5.82 Å². The van der Waals surface area contributed by atoms with E-state index in [1.165, 1.54) is 23.9 Å². The number of tetrazole rings is 1. The first-order valence-electron chi connectivity index (χ1n) is 7.62. The number of ether oxygens (including phenoxy) is 2. The van der Waals surface area contributed by atoms with Crippen molar-refractivity contribution < 1.29 is 13.9 Å². The van der Waals surface area contributed by atoms with Gasteiger partial charge in [-0.1, -0.05) is 17.8 Å². The zero-order valence-corrected chi connectivity index (χ0v) is 14.7. The summed E-state index contributed by atoms with van der Waals surface area (Å²) in [6.45, 7) is 2.45. The van der Waals surface area contributed by atoms with Crippen LogP contribution >= 0.6 is 11.8 Å². The van der Waals surface area contributed by atoms with E-state index in [2.05, 4.69) is 15.5 Å². The van der Waals surface area contributed by atoms with Gasteiger partial charge >= 0.3 is 0 Å². The molecule has 6 nitrogen and oxygen atoms in total. The van der Waals surface area contributed by atoms with E-state index in [9.17, 15) is 4.39 Å². The van der Waals surface area contributed by atoms with Gasteiger partial charge in [-0.25, -0.2) is 4.39 Å². The molecule has 0 unspecified atom stereocenters. The van der Waals surface area contributed by atoms with Gasteiger partial charge in [0.2, 0.25) is 5.16 Å². The lowest BCUT2D eigenvalue weighted by molar-refractivity contribution is 0.343. The minimum absolute atomic E-state index is 0.284. The van der Waals surface area contributed by atoms with E-state index >= 15 is 0 Å². The van der Waals surface area contributed by atoms with Crippen LogP contribution in [0.4, 0.5) is 4.39 Å². The monoisotopic (exact) mass is 360 g/mol. The Morgan fingerprint density at radius 3 is 2.72 bits per heavy atom. The molecule has 3 rings (SSSR count). The molecule has 2 aromatic carbocycles. The Bertz CT molecular complexity index is 839. The van der Waals surface area contributed by atoms with Gasteiger partial charge in [0.25, 0.3) is 0 Å². The summed E-state index contributed by atoms with van der Waals surface area (Å²) in [5, 5.41) is 12.5. The minimum atomic E-state index is -0.284. The van der Waals surface area contributed by atoms with Crippen molar-refractivity contribution in [2.24, 2.45) is 0 Å². The van der Waals surface area contributed by atoms with Gasteiger partial charge < -0.3 is 9.47 Å². The number of methoxy groups -OCH3 is 1. The average Bonchev–Trinajstić information content (AvgIpc) is 3.08. The molecule has 8 heteroatoms. The molecule has 0 fully saturated rings. The SMILES string of the molecule is COc1ccc(C)cc1-n1nnnc1SCCOc1ccc(F)cc1. The third-order valence-corrected chi connectivity index (χ3v) is 4.28. The standard InChI is InChI=1S/C17H17FN4O2S/c1-12-3-8-16(23-2)15(11-12)22-17(19-20-21-22)25-10-9-24-14-6-4-13(18)5-7-14/h3-8,11H,9-10H2,1-2H3. The first-order chi connectivity index (χ1) is 12.2. The number of halogens is 1. The van der Waals surface area contributed by atoms with Gasteiger partial charge in [-0.05, 0) is 59.3 Å². The fraction of sp³-hybridized carbons (Fsp3) is 0.235. The molecule has 0 aliphatic rings. The maximum atomic E-state index is 12.9. The first kappa shape index (κ1) is 17.2. The minimum Gasteiger partial charge on any atom is -0.494 e. The van der Waals surface area contributed by atoms with Crippen molar-refractivity contribution in [2.45, 2.75) is 12.1 Å². The Balaban J connectivity index is 1.64. The molecule has 25 heavy (non-hydrogen) atoms. The van der Waals surface area contributed by atoms with Crippen molar-refractivity contribution in [1.29, 1.82) is 0 Å². The molecule has 0 atom stereocenters. The van der Waals surface area contributed by atoms with E-state index in [1.807, 2.05) is 25.1 Å². The highest BCUT2D eigenvalue weighted by Crippen LogP contribution is 2.27. The van der Waals surface area contributed by atoms with Crippen LogP contribution in [0.15, 0.2) is 47.6 Å². The fourth-order valence-electron chi connectivity index (χ4n) is 2.21. The Morgan fingerprint density at radius 1 is 1.16 bits per heavy atom. The highest BCUT2D eigenvalue weighted by Gasteiger charge is 2.13. The lowest BCUT2D eigenvalue weighted by Crippen LogP contribution is -2.05. The van der Waals surface area contributed by atoms with Crippen LogP contribution in [0.3, 0.4) is 0 Å². The number of aromatic nitrogens is 4. The van der Waals surface area contributed by atoms with Gasteiger partial charge in [-0.2, -0.15) is 4.68 Å². The Morgan fingerprint density at radius 2 is 1.96 bits per heavy atom. The molecule has 0 bridgehead atoms. The summed E-state index contributed by atoms with van der Waals surface area (Å²) in [6.07, 6.45) is 0. The molecular formula is C17H17FN4O2S. The second-order valence-corrected chi connectivity index (χ2v) is 6.26. The van der Waals surface area contributed by atoms with Gasteiger partial charge in [0.05, 0.1) is 13.7 Å². The zero-order valence-electron chi connectivity index (χ0n) is 13.8. The van der Waals surface area contributed by atoms with Gasteiger partial charge in [0, 0.05) is 5.75 Å². The number of nitrogens with zero attached hydrogens (tertiary/aromatic N) is 4. The van der Waals surface area contributed by atoms with Crippen LogP contribution in [0.2, 0.25) is 0 Å². The number of aryl methyl sites for hydroxylation is 1. The topological polar surface area (TPSA) is 62.1 Å². The van der Waals surface area contributed by atoms with Crippen molar-refractivity contribution in [3.05, 3.63) is 53.8 Å². The largest absolute Gasteiger partial charge is 0.494 e. The number of thioether (sulfide) groups is 1. The van der Waals surface area contributed by atoms with Crippen molar-refractivity contribution in [1.82, 2.24) is 20.2 Å². The second kappa shape index (κ2) is 7.98. The van der Waals surface area contributed by atoms with Gasteiger partial charge in [0.15, 0.2) is 0 Å². The molecule has 0 saturated carbocycles. The molecule has 0 saturated heterocycles. The summed E-state index contributed by atoms with van der Waals surface area (Å²) in [7, 11) is 1.61. The van der Waals surface area contributed by atoms with E-state index < -0.39 is 0 Å². The summed E-state index contributed by atoms with van der Waals surface area (Å²) in [6, 6.07) is 11.8. The fourth-order valence-corrected chi connectivity index (χ4v) is 2.91. The van der Waals surface area contributed by atoms with E-state index in [0.29, 0.717) is 29.0 Å². The molecule has 130 valence electrons. The van der Waals surface area contributed by atoms with Crippen molar-refractivity contribution >= 4 is 11.8 Å². The van der Waals surface area contributed by atoms with E-state index in [0.717, 1.165) is 11.3 Å². The average molecular weight is 360 g/mol. The number of hydrogen-bond donors (Lipinski definition) is 0. The van der Waals surface area contributed by atoms with Crippen LogP contribution in [0.1, 0.15) is 5.56 Å². The highest BCUT2D eigenvalue weighted by molar-refractivity contribution is 7.99. The van der Waals surface area contributed by atoms with Gasteiger partial charge in [0.1, 0.15) is 23.0 Å². The Hall–Kier alpha value is -2.61. The van der Waals surface area contributed by atoms with Gasteiger partial charge in [-0.3, -0.25) is 0 Å². The molecule has 0 spiro atoms. The van der Waals surface area contributed by atoms with Crippen LogP contribution in [-0.4, -0.2) is 39.7 Å². The normalized spacial score (nSPS) is 10.7. The van der Waals surface area contributed by atoms with E-state index in [4.69, 9.17) is 9.47 Å². The molecule has 1 heterocycles. The number of hydrogen-bond acceptors (Lipinski definition) is 6. The molecule has 0 amide bonds. The van der Waals surface area contributed by atoms with Gasteiger partial charge in [-0.15, -0.1) is 5.10 Å². The zero-order chi connectivity index (χ0) is 17.6. The lowest BCUT2D eigenvalue weighted by Gasteiger charge is -2.10. The second-order valence-electron chi connectivity index (χ2n) is 5.20. The van der Waals surface area contributed by atoms with E-state index in [1.54, 1.807) is 23.9 Å². The quantitative estimate of drug-likeness (QED) is 0.476. The summed E-state index contributed by atoms with van der Waals surface area (Å²) in [5.74, 6) is 1.68. The maximum Gasteiger partial charge on any atom is 0.214 e. The first-order valence-corrected chi connectivity index (χ1v) is 8.60. The molecule has 0 aliphatic heterocycles. The number of benzene rings is 2. The summed E-state index contributed by atoms with van der Waals surface area (Å²) >= 11 is 1.47. The van der Waals surface area contributed by atoms with Crippen molar-refractivity contribution in [2.75, 3.05) is 19.5 Å². The molecule has 1 aromatic heterocycles. The predicted octanol–water partition coefficient (Wildman–Crippen LogP) is 3.29.